The van der Waals surface area contributed by atoms with Gasteiger partial charge in [-0.2, -0.15) is 0 Å². The molecule has 0 aromatic heterocycles. The Morgan fingerprint density at radius 2 is 0.926 bits per heavy atom. The van der Waals surface area contributed by atoms with E-state index in [4.69, 9.17) is 25.1 Å². The van der Waals surface area contributed by atoms with Crippen molar-refractivity contribution >= 4 is 29.5 Å². The van der Waals surface area contributed by atoms with Crippen molar-refractivity contribution in [3.05, 3.63) is 12.3 Å². The normalized spacial score (nSPS) is 12.2. The number of carboxylic acid groups (broad SMARTS) is 1. The lowest BCUT2D eigenvalue weighted by Crippen LogP contribution is -2.37. The molecule has 0 aromatic carbocycles. The molecule has 0 heterocycles. The number of nitrogens with one attached hydrogen (secondary N) is 3. The summed E-state index contributed by atoms with van der Waals surface area (Å²) in [6.07, 6.45) is 19.5. The third-order valence-corrected chi connectivity index (χ3v) is 8.90. The number of carbonyl (C=O) groups excluding carboxylic acids is 4. The van der Waals surface area contributed by atoms with Crippen molar-refractivity contribution in [1.29, 1.82) is 0 Å². The summed E-state index contributed by atoms with van der Waals surface area (Å²) in [6, 6.07) is -1.69. The molecule has 0 aliphatic carbocycles. The van der Waals surface area contributed by atoms with Crippen LogP contribution in [0, 0.1) is 0 Å². The first-order chi connectivity index (χ1) is 26.0. The molecular weight excluding hydrogens is 696 g/mol. The van der Waals surface area contributed by atoms with E-state index in [9.17, 15) is 29.1 Å². The quantitative estimate of drug-likeness (QED) is 0.0342. The zero-order valence-electron chi connectivity index (χ0n) is 33.3. The van der Waals surface area contributed by atoms with Crippen LogP contribution >= 0.6 is 0 Å². The summed E-state index contributed by atoms with van der Waals surface area (Å²) in [5, 5.41) is 27.0. The molecule has 0 rings (SSSR count). The van der Waals surface area contributed by atoms with Gasteiger partial charge >= 0.3 is 5.97 Å². The maximum atomic E-state index is 12.4. The Hall–Kier alpha value is -3.07. The van der Waals surface area contributed by atoms with E-state index in [0.29, 0.717) is 77.8 Å². The second kappa shape index (κ2) is 36.9. The molecular formula is C40H74N4O10. The molecule has 2 atom stereocenters. The van der Waals surface area contributed by atoms with Crippen LogP contribution in [0.25, 0.3) is 0 Å². The van der Waals surface area contributed by atoms with Crippen LogP contribution in [0.2, 0.25) is 0 Å². The Bertz CT molecular complexity index is 1010. The lowest BCUT2D eigenvalue weighted by atomic mass is 10.0. The number of rotatable bonds is 40. The first-order valence-electron chi connectivity index (χ1n) is 20.4. The number of Topliss-reactive ketones (excluding diaryl/α,β-unsaturated/α-hetero) is 1. The predicted molar refractivity (Wildman–Crippen MR) is 210 cm³/mol. The minimum Gasteiger partial charge on any atom is -0.511 e. The highest BCUT2D eigenvalue weighted by molar-refractivity contribution is 5.78. The number of ether oxygens (including phenoxy) is 3. The molecule has 0 aliphatic heterocycles. The molecule has 0 bridgehead atoms. The third-order valence-electron chi connectivity index (χ3n) is 8.90. The zero-order chi connectivity index (χ0) is 40.1. The van der Waals surface area contributed by atoms with Crippen molar-refractivity contribution in [2.75, 3.05) is 52.7 Å². The summed E-state index contributed by atoms with van der Waals surface area (Å²) in [6.45, 7) is 8.69. The fourth-order valence-corrected chi connectivity index (χ4v) is 5.58. The van der Waals surface area contributed by atoms with Gasteiger partial charge < -0.3 is 50.9 Å². The van der Waals surface area contributed by atoms with Crippen molar-refractivity contribution in [3.63, 3.8) is 0 Å². The summed E-state index contributed by atoms with van der Waals surface area (Å²) >= 11 is 0. The van der Waals surface area contributed by atoms with E-state index < -0.39 is 18.1 Å². The largest absolute Gasteiger partial charge is 0.511 e. The smallest absolute Gasteiger partial charge is 0.320 e. The van der Waals surface area contributed by atoms with E-state index in [1.54, 1.807) is 6.92 Å². The van der Waals surface area contributed by atoms with Gasteiger partial charge in [-0.1, -0.05) is 83.6 Å². The van der Waals surface area contributed by atoms with E-state index in [1.807, 2.05) is 0 Å². The summed E-state index contributed by atoms with van der Waals surface area (Å²) in [5.41, 5.74) is 5.37. The van der Waals surface area contributed by atoms with Gasteiger partial charge in [-0.15, -0.1) is 0 Å². The van der Waals surface area contributed by atoms with Gasteiger partial charge in [-0.05, 0) is 45.4 Å². The van der Waals surface area contributed by atoms with Crippen LogP contribution < -0.4 is 21.7 Å². The number of aliphatic hydroxyl groups is 1. The minimum absolute atomic E-state index is 0.0692. The molecule has 14 nitrogen and oxygen atoms in total. The Kier molecular flexibility index (Phi) is 34.8. The number of carbonyl (C=O) groups is 5. The van der Waals surface area contributed by atoms with Gasteiger partial charge in [0.05, 0.1) is 32.5 Å². The number of carboxylic acids is 1. The van der Waals surface area contributed by atoms with Gasteiger partial charge in [0.2, 0.25) is 17.7 Å². The molecule has 0 radical (unpaired) electrons. The van der Waals surface area contributed by atoms with E-state index >= 15 is 0 Å². The number of aliphatic carboxylic acids is 1. The Morgan fingerprint density at radius 3 is 1.33 bits per heavy atom. The fourth-order valence-electron chi connectivity index (χ4n) is 5.58. The Balaban J connectivity index is 3.61. The second-order valence-corrected chi connectivity index (χ2v) is 14.0. The monoisotopic (exact) mass is 771 g/mol. The van der Waals surface area contributed by atoms with Crippen LogP contribution in [-0.2, 0) is 38.2 Å². The number of ketones is 1. The molecule has 0 spiro atoms. The molecule has 1 unspecified atom stereocenters. The van der Waals surface area contributed by atoms with E-state index in [0.717, 1.165) is 32.1 Å². The Morgan fingerprint density at radius 1 is 0.537 bits per heavy atom. The molecule has 0 saturated heterocycles. The lowest BCUT2D eigenvalue weighted by molar-refractivity contribution is -0.138. The molecule has 0 aromatic rings. The summed E-state index contributed by atoms with van der Waals surface area (Å²) in [7, 11) is 0. The maximum absolute atomic E-state index is 12.4. The highest BCUT2D eigenvalue weighted by Gasteiger charge is 2.17. The lowest BCUT2D eigenvalue weighted by Gasteiger charge is -2.17. The molecule has 7 N–H and O–H groups in total. The van der Waals surface area contributed by atoms with Gasteiger partial charge in [-0.3, -0.25) is 19.2 Å². The summed E-state index contributed by atoms with van der Waals surface area (Å²) < 4.78 is 16.4. The van der Waals surface area contributed by atoms with Crippen LogP contribution in [0.1, 0.15) is 148 Å². The van der Waals surface area contributed by atoms with Crippen LogP contribution in [-0.4, -0.2) is 105 Å². The standard InChI is InChI=1S/C40H74N4O10/c1-33(45)19-15-13-11-9-7-5-3-4-6-8-10-12-14-16-20-39(49)44-36(34(2)46)22-24-38(48)43-26-18-28-53-30-32-54-31-29-52-27-17-25-42-37(47)23-21-35(41)40(50)51/h35-36,46H,2-32,41H2,1H3,(H,42,47)(H,43,48)(H,44,49)(H,50,51)/t35?,36-/m0/s1. The van der Waals surface area contributed by atoms with Crippen molar-refractivity contribution < 1.29 is 48.4 Å². The van der Waals surface area contributed by atoms with Crippen LogP contribution in [0.5, 0.6) is 0 Å². The summed E-state index contributed by atoms with van der Waals surface area (Å²) in [5.74, 6) is -1.52. The van der Waals surface area contributed by atoms with Crippen molar-refractivity contribution in [3.8, 4) is 0 Å². The van der Waals surface area contributed by atoms with E-state index in [1.165, 1.54) is 64.2 Å². The van der Waals surface area contributed by atoms with E-state index in [2.05, 4.69) is 22.5 Å². The number of amides is 3. The topological polar surface area (TPSA) is 216 Å². The molecule has 314 valence electrons. The van der Waals surface area contributed by atoms with Crippen LogP contribution in [0.4, 0.5) is 0 Å². The predicted octanol–water partition coefficient (Wildman–Crippen LogP) is 5.41. The number of unbranched alkanes of at least 4 members (excludes halogenated alkanes) is 13. The number of nitrogens with two attached hydrogens (primary N) is 1. The van der Waals surface area contributed by atoms with E-state index in [-0.39, 0.29) is 49.2 Å². The molecule has 0 aliphatic rings. The highest BCUT2D eigenvalue weighted by Crippen LogP contribution is 2.14. The molecule has 54 heavy (non-hydrogen) atoms. The number of aliphatic hydroxyl groups excluding tert-OH is 1. The number of hydrogen-bond acceptors (Lipinski definition) is 10. The van der Waals surface area contributed by atoms with Gasteiger partial charge in [0.25, 0.3) is 0 Å². The average molecular weight is 771 g/mol. The summed E-state index contributed by atoms with van der Waals surface area (Å²) in [4.78, 5) is 57.9. The molecule has 0 fully saturated rings. The van der Waals surface area contributed by atoms with Crippen molar-refractivity contribution in [2.24, 2.45) is 5.73 Å². The van der Waals surface area contributed by atoms with Crippen LogP contribution in [0.15, 0.2) is 12.3 Å². The first-order valence-corrected chi connectivity index (χ1v) is 20.4. The fraction of sp³-hybridized carbons (Fsp3) is 0.825. The molecule has 0 saturated carbocycles. The minimum atomic E-state index is -1.12. The van der Waals surface area contributed by atoms with Crippen molar-refractivity contribution in [1.82, 2.24) is 16.0 Å². The first kappa shape index (κ1) is 50.9. The average Bonchev–Trinajstić information content (AvgIpc) is 3.13. The van der Waals surface area contributed by atoms with Gasteiger partial charge in [0.1, 0.15) is 17.6 Å². The number of hydrogen-bond donors (Lipinski definition) is 6. The van der Waals surface area contributed by atoms with Crippen molar-refractivity contribution in [2.45, 2.75) is 160 Å². The van der Waals surface area contributed by atoms with Gasteiger partial charge in [0.15, 0.2) is 0 Å². The zero-order valence-corrected chi connectivity index (χ0v) is 33.3. The second-order valence-electron chi connectivity index (χ2n) is 14.0. The SMILES string of the molecule is C=C(O)[C@H](CCC(=O)NCCCOCCOCCOCCCNC(=O)CCC(N)C(=O)O)NC(=O)CCCCCCCCCCCCCCCCC(C)=O. The molecule has 3 amide bonds. The maximum Gasteiger partial charge on any atom is 0.320 e. The van der Waals surface area contributed by atoms with Gasteiger partial charge in [-0.25, -0.2) is 0 Å². The Labute approximate surface area is 324 Å². The highest BCUT2D eigenvalue weighted by atomic mass is 16.5. The molecule has 14 heteroatoms. The van der Waals surface area contributed by atoms with Crippen LogP contribution in [0.3, 0.4) is 0 Å². The van der Waals surface area contributed by atoms with Gasteiger partial charge in [0, 0.05) is 52.0 Å². The third kappa shape index (κ3) is 35.9.